The van der Waals surface area contributed by atoms with E-state index in [1.165, 1.54) is 11.8 Å². The van der Waals surface area contributed by atoms with E-state index in [0.717, 1.165) is 41.5 Å². The number of aliphatic carboxylic acids is 1. The topological polar surface area (TPSA) is 72.9 Å². The van der Waals surface area contributed by atoms with Gasteiger partial charge in [-0.1, -0.05) is 23.9 Å². The highest BCUT2D eigenvalue weighted by atomic mass is 32.2. The van der Waals surface area contributed by atoms with Crippen molar-refractivity contribution >= 4 is 28.9 Å². The lowest BCUT2D eigenvalue weighted by Gasteiger charge is -2.08. The van der Waals surface area contributed by atoms with Gasteiger partial charge in [0.25, 0.3) is 0 Å². The Balaban J connectivity index is 2.44. The Morgan fingerprint density at radius 3 is 2.86 bits per heavy atom. The Kier molecular flexibility index (Phi) is 5.06. The van der Waals surface area contributed by atoms with Crippen molar-refractivity contribution in [3.8, 4) is 0 Å². The van der Waals surface area contributed by atoms with Crippen molar-refractivity contribution in [3.63, 3.8) is 0 Å². The summed E-state index contributed by atoms with van der Waals surface area (Å²) in [6.07, 6.45) is 4.99. The summed E-state index contributed by atoms with van der Waals surface area (Å²) >= 11 is 1.26. The fourth-order valence-corrected chi connectivity index (χ4v) is 2.98. The summed E-state index contributed by atoms with van der Waals surface area (Å²) in [5.41, 5.74) is 2.73. The summed E-state index contributed by atoms with van der Waals surface area (Å²) < 4.78 is 4.00. The quantitative estimate of drug-likeness (QED) is 0.629. The van der Waals surface area contributed by atoms with Crippen LogP contribution in [0.5, 0.6) is 0 Å². The first-order valence-corrected chi connectivity index (χ1v) is 7.96. The molecule has 2 aromatic heterocycles. The number of thioether (sulfide) groups is 1. The van der Waals surface area contributed by atoms with Crippen LogP contribution in [0, 0.1) is 6.92 Å². The van der Waals surface area contributed by atoms with Gasteiger partial charge in [0.1, 0.15) is 5.52 Å². The average Bonchev–Trinajstić information content (AvgIpc) is 2.95. The molecule has 0 atom stereocenters. The predicted molar refractivity (Wildman–Crippen MR) is 83.7 cm³/mol. The van der Waals surface area contributed by atoms with E-state index in [-0.39, 0.29) is 5.75 Å². The smallest absolute Gasteiger partial charge is 0.313 e. The van der Waals surface area contributed by atoms with Gasteiger partial charge in [-0.15, -0.1) is 0 Å². The molecule has 114 valence electrons. The zero-order valence-corrected chi connectivity index (χ0v) is 13.4. The summed E-state index contributed by atoms with van der Waals surface area (Å²) in [6, 6.07) is 0. The Labute approximate surface area is 127 Å². The second kappa shape index (κ2) is 6.80. The second-order valence-corrected chi connectivity index (χ2v) is 5.60. The number of fused-ring (bicyclic) bond motifs is 1. The second-order valence-electron chi connectivity index (χ2n) is 4.66. The minimum absolute atomic E-state index is 0.0157. The molecule has 0 unspecified atom stereocenters. The molecule has 2 rings (SSSR count). The maximum atomic E-state index is 10.8. The minimum atomic E-state index is -0.832. The molecule has 2 aromatic rings. The number of nitrogens with zero attached hydrogens (tertiary/aromatic N) is 4. The Morgan fingerprint density at radius 1 is 1.48 bits per heavy atom. The van der Waals surface area contributed by atoms with Gasteiger partial charge in [-0.25, -0.2) is 9.67 Å². The van der Waals surface area contributed by atoms with Crippen LogP contribution in [0.3, 0.4) is 0 Å². The number of allylic oxidation sites excluding steroid dienone is 2. The molecule has 0 aliphatic heterocycles. The fraction of sp³-hybridized carbons (Fsp3) is 0.500. The van der Waals surface area contributed by atoms with Crippen LogP contribution in [-0.2, 0) is 17.9 Å². The summed E-state index contributed by atoms with van der Waals surface area (Å²) in [5.74, 6) is -0.817. The van der Waals surface area contributed by atoms with Crippen LogP contribution in [0.2, 0.25) is 0 Å². The predicted octanol–water partition coefficient (Wildman–Crippen LogP) is 2.70. The lowest BCUT2D eigenvalue weighted by molar-refractivity contribution is -0.133. The standard InChI is InChI=1S/C14H20N4O2S/c1-4-6-7-8-17-13-12(10(3)16-18(13)5-2)15-14(17)21-9-11(19)20/h4,6H,5,7-9H2,1-3H3,(H,19,20)/b6-4+. The number of carboxylic acids is 1. The Morgan fingerprint density at radius 2 is 2.24 bits per heavy atom. The maximum Gasteiger partial charge on any atom is 0.313 e. The van der Waals surface area contributed by atoms with Crippen molar-refractivity contribution < 1.29 is 9.90 Å². The molecule has 0 aliphatic rings. The van der Waals surface area contributed by atoms with E-state index >= 15 is 0 Å². The van der Waals surface area contributed by atoms with Crippen LogP contribution in [-0.4, -0.2) is 36.2 Å². The normalized spacial score (nSPS) is 11.8. The fourth-order valence-electron chi connectivity index (χ4n) is 2.23. The molecule has 2 heterocycles. The number of hydrogen-bond donors (Lipinski definition) is 1. The summed E-state index contributed by atoms with van der Waals surface area (Å²) in [6.45, 7) is 7.50. The third-order valence-electron chi connectivity index (χ3n) is 3.14. The van der Waals surface area contributed by atoms with E-state index in [1.54, 1.807) is 0 Å². The van der Waals surface area contributed by atoms with Crippen molar-refractivity contribution in [1.29, 1.82) is 0 Å². The van der Waals surface area contributed by atoms with Crippen LogP contribution in [0.1, 0.15) is 26.0 Å². The van der Waals surface area contributed by atoms with E-state index < -0.39 is 5.97 Å². The van der Waals surface area contributed by atoms with E-state index in [1.807, 2.05) is 31.5 Å². The molecular weight excluding hydrogens is 288 g/mol. The number of aryl methyl sites for hydroxylation is 3. The molecule has 6 nitrogen and oxygen atoms in total. The summed E-state index contributed by atoms with van der Waals surface area (Å²) in [5, 5.41) is 14.1. The van der Waals surface area contributed by atoms with E-state index in [0.29, 0.717) is 0 Å². The third kappa shape index (κ3) is 3.29. The largest absolute Gasteiger partial charge is 0.481 e. The van der Waals surface area contributed by atoms with Gasteiger partial charge in [-0.3, -0.25) is 4.79 Å². The molecule has 0 amide bonds. The van der Waals surface area contributed by atoms with E-state index in [4.69, 9.17) is 5.11 Å². The molecule has 0 saturated carbocycles. The molecule has 0 aromatic carbocycles. The Bertz CT molecular complexity index is 672. The van der Waals surface area contributed by atoms with Crippen LogP contribution in [0.25, 0.3) is 11.2 Å². The number of rotatable bonds is 7. The van der Waals surface area contributed by atoms with Crippen molar-refractivity contribution in [2.75, 3.05) is 5.75 Å². The first kappa shape index (κ1) is 15.6. The van der Waals surface area contributed by atoms with Gasteiger partial charge in [0.15, 0.2) is 10.8 Å². The molecule has 0 spiro atoms. The van der Waals surface area contributed by atoms with Crippen molar-refractivity contribution in [2.45, 2.75) is 45.4 Å². The number of aromatic nitrogens is 4. The van der Waals surface area contributed by atoms with Crippen LogP contribution in [0.15, 0.2) is 17.3 Å². The molecule has 0 saturated heterocycles. The van der Waals surface area contributed by atoms with E-state index in [9.17, 15) is 4.79 Å². The molecule has 0 radical (unpaired) electrons. The number of carboxylic acid groups (broad SMARTS) is 1. The van der Waals surface area contributed by atoms with Crippen LogP contribution in [0.4, 0.5) is 0 Å². The summed E-state index contributed by atoms with van der Waals surface area (Å²) in [7, 11) is 0. The van der Waals surface area contributed by atoms with Crippen LogP contribution < -0.4 is 0 Å². The average molecular weight is 308 g/mol. The maximum absolute atomic E-state index is 10.8. The van der Waals surface area contributed by atoms with Crippen molar-refractivity contribution in [3.05, 3.63) is 17.8 Å². The van der Waals surface area contributed by atoms with Gasteiger partial charge in [-0.2, -0.15) is 5.10 Å². The van der Waals surface area contributed by atoms with Crippen LogP contribution >= 0.6 is 11.8 Å². The first-order chi connectivity index (χ1) is 10.1. The zero-order chi connectivity index (χ0) is 15.4. The van der Waals surface area contributed by atoms with Gasteiger partial charge in [0.2, 0.25) is 0 Å². The van der Waals surface area contributed by atoms with E-state index in [2.05, 4.69) is 20.7 Å². The Hall–Kier alpha value is -1.76. The molecule has 0 aliphatic carbocycles. The lowest BCUT2D eigenvalue weighted by Crippen LogP contribution is -2.07. The number of carbonyl (C=O) groups is 1. The highest BCUT2D eigenvalue weighted by molar-refractivity contribution is 7.99. The molecule has 1 N–H and O–H groups in total. The third-order valence-corrected chi connectivity index (χ3v) is 4.10. The SMILES string of the molecule is C/C=C/CCn1c(SCC(=O)O)nc2c(C)nn(CC)c21. The first-order valence-electron chi connectivity index (χ1n) is 6.97. The molecular formula is C14H20N4O2S. The lowest BCUT2D eigenvalue weighted by atomic mass is 10.4. The van der Waals surface area contributed by atoms with Gasteiger partial charge >= 0.3 is 5.97 Å². The van der Waals surface area contributed by atoms with Crippen molar-refractivity contribution in [1.82, 2.24) is 19.3 Å². The molecule has 0 fully saturated rings. The highest BCUT2D eigenvalue weighted by Crippen LogP contribution is 2.26. The van der Waals surface area contributed by atoms with Gasteiger partial charge in [-0.05, 0) is 27.2 Å². The highest BCUT2D eigenvalue weighted by Gasteiger charge is 2.18. The molecule has 7 heteroatoms. The number of imidazole rings is 1. The number of hydrogen-bond acceptors (Lipinski definition) is 4. The summed E-state index contributed by atoms with van der Waals surface area (Å²) in [4.78, 5) is 15.4. The minimum Gasteiger partial charge on any atom is -0.481 e. The molecule has 0 bridgehead atoms. The van der Waals surface area contributed by atoms with Gasteiger partial charge in [0, 0.05) is 13.1 Å². The van der Waals surface area contributed by atoms with Crippen molar-refractivity contribution in [2.24, 2.45) is 0 Å². The van der Waals surface area contributed by atoms with Gasteiger partial charge in [0.05, 0.1) is 11.4 Å². The van der Waals surface area contributed by atoms with Gasteiger partial charge < -0.3 is 9.67 Å². The molecule has 21 heavy (non-hydrogen) atoms. The zero-order valence-electron chi connectivity index (χ0n) is 12.5. The monoisotopic (exact) mass is 308 g/mol.